The van der Waals surface area contributed by atoms with E-state index in [9.17, 15) is 15.8 Å². The fourth-order valence-corrected chi connectivity index (χ4v) is 7.64. The minimum atomic E-state index is -0.511. The summed E-state index contributed by atoms with van der Waals surface area (Å²) in [6.45, 7) is 6.26. The van der Waals surface area contributed by atoms with E-state index in [0.717, 1.165) is 76.9 Å². The third-order valence-corrected chi connectivity index (χ3v) is 10.5. The number of aromatic nitrogens is 2. The van der Waals surface area contributed by atoms with E-state index >= 15 is 0 Å². The Kier molecular flexibility index (Phi) is 6.24. The number of thiophene rings is 1. The number of anilines is 2. The van der Waals surface area contributed by atoms with Gasteiger partial charge in [0.2, 0.25) is 5.88 Å². The van der Waals surface area contributed by atoms with Crippen molar-refractivity contribution in [3.05, 3.63) is 21.6 Å². The molecule has 5 aliphatic rings. The molecule has 212 valence electrons. The van der Waals surface area contributed by atoms with Gasteiger partial charge in [-0.1, -0.05) is 0 Å². The fourth-order valence-electron chi connectivity index (χ4n) is 6.50. The summed E-state index contributed by atoms with van der Waals surface area (Å²) in [5.41, 5.74) is 7.47. The van der Waals surface area contributed by atoms with Crippen LogP contribution in [0, 0.1) is 44.8 Å². The monoisotopic (exact) mass is 572 g/mol. The summed E-state index contributed by atoms with van der Waals surface area (Å²) < 4.78 is 17.8. The molecule has 41 heavy (non-hydrogen) atoms. The van der Waals surface area contributed by atoms with Crippen molar-refractivity contribution < 1.29 is 14.2 Å². The molecule has 2 N–H and O–H groups in total. The smallest absolute Gasteiger partial charge is 0.321 e. The van der Waals surface area contributed by atoms with E-state index in [0.29, 0.717) is 36.1 Å². The minimum Gasteiger partial charge on any atom is -0.475 e. The van der Waals surface area contributed by atoms with Gasteiger partial charge in [0.25, 0.3) is 0 Å². The van der Waals surface area contributed by atoms with Gasteiger partial charge in [-0.25, -0.2) is 0 Å². The van der Waals surface area contributed by atoms with Crippen LogP contribution >= 0.6 is 11.3 Å². The Labute approximate surface area is 243 Å². The van der Waals surface area contributed by atoms with E-state index in [1.807, 2.05) is 0 Å². The summed E-state index contributed by atoms with van der Waals surface area (Å²) in [5, 5.41) is 30.1. The van der Waals surface area contributed by atoms with Crippen LogP contribution in [-0.4, -0.2) is 74.0 Å². The highest BCUT2D eigenvalue weighted by Crippen LogP contribution is 2.53. The fraction of sp³-hybridized carbons (Fsp3) is 0.621. The largest absolute Gasteiger partial charge is 0.475 e. The first-order valence-corrected chi connectivity index (χ1v) is 15.1. The van der Waals surface area contributed by atoms with Gasteiger partial charge >= 0.3 is 6.01 Å². The number of hydrogen-bond acceptors (Lipinski definition) is 12. The SMILES string of the molecule is N#Cc1c(OCC2(C#N)CC2)nc(OCC2(CN3CCOCC3)CC2)nc1N1CC2(CCc3sc(N)c(C#N)c32)C1. The molecule has 2 aliphatic heterocycles. The van der Waals surface area contributed by atoms with E-state index in [4.69, 9.17) is 24.9 Å². The molecule has 0 radical (unpaired) electrons. The van der Waals surface area contributed by atoms with Crippen LogP contribution in [0.5, 0.6) is 11.9 Å². The Morgan fingerprint density at radius 3 is 2.37 bits per heavy atom. The Hall–Kier alpha value is -3.63. The van der Waals surface area contributed by atoms with Crippen molar-refractivity contribution in [1.82, 2.24) is 14.9 Å². The van der Waals surface area contributed by atoms with Gasteiger partial charge < -0.3 is 24.8 Å². The highest BCUT2D eigenvalue weighted by Gasteiger charge is 2.52. The van der Waals surface area contributed by atoms with Crippen molar-refractivity contribution in [1.29, 1.82) is 15.8 Å². The zero-order valence-corrected chi connectivity index (χ0v) is 23.8. The number of morpholine rings is 1. The highest BCUT2D eigenvalue weighted by molar-refractivity contribution is 7.16. The Bertz CT molecular complexity index is 1500. The maximum absolute atomic E-state index is 10.2. The van der Waals surface area contributed by atoms with Gasteiger partial charge in [-0.15, -0.1) is 11.3 Å². The lowest BCUT2D eigenvalue weighted by Crippen LogP contribution is -2.59. The van der Waals surface area contributed by atoms with Crippen LogP contribution in [0.15, 0.2) is 0 Å². The molecule has 0 unspecified atom stereocenters. The predicted octanol–water partition coefficient (Wildman–Crippen LogP) is 2.74. The van der Waals surface area contributed by atoms with Crippen LogP contribution in [0.2, 0.25) is 0 Å². The number of nitrogens with zero attached hydrogens (tertiary/aromatic N) is 7. The molecular weight excluding hydrogens is 540 g/mol. The first-order valence-electron chi connectivity index (χ1n) is 14.3. The predicted molar refractivity (Wildman–Crippen MR) is 150 cm³/mol. The normalized spacial score (nSPS) is 22.6. The third-order valence-electron chi connectivity index (χ3n) is 9.42. The number of hydrogen-bond donors (Lipinski definition) is 1. The second-order valence-electron chi connectivity index (χ2n) is 12.4. The third kappa shape index (κ3) is 4.63. The van der Waals surface area contributed by atoms with Crippen LogP contribution < -0.4 is 20.1 Å². The number of rotatable bonds is 9. The topological polar surface area (TPSA) is 157 Å². The van der Waals surface area contributed by atoms with Crippen molar-refractivity contribution in [3.63, 3.8) is 0 Å². The van der Waals surface area contributed by atoms with Gasteiger partial charge in [-0.05, 0) is 44.1 Å². The molecule has 3 aliphatic carbocycles. The number of nitrogens with two attached hydrogens (primary N) is 1. The summed E-state index contributed by atoms with van der Waals surface area (Å²) >= 11 is 1.52. The molecule has 4 heterocycles. The van der Waals surface area contributed by atoms with Gasteiger partial charge in [-0.3, -0.25) is 4.90 Å². The molecule has 1 spiro atoms. The summed E-state index contributed by atoms with van der Waals surface area (Å²) in [6.07, 6.45) is 5.57. The molecule has 11 nitrogen and oxygen atoms in total. The lowest BCUT2D eigenvalue weighted by atomic mass is 9.74. The molecule has 4 fully saturated rings. The average molecular weight is 573 g/mol. The zero-order valence-electron chi connectivity index (χ0n) is 22.9. The quantitative estimate of drug-likeness (QED) is 0.471. The number of aryl methyl sites for hydroxylation is 1. The molecule has 2 aromatic rings. The number of nitriles is 3. The van der Waals surface area contributed by atoms with Crippen molar-refractivity contribution in [2.24, 2.45) is 10.8 Å². The van der Waals surface area contributed by atoms with E-state index in [1.54, 1.807) is 0 Å². The maximum atomic E-state index is 10.2. The molecule has 0 atom stereocenters. The van der Waals surface area contributed by atoms with Crippen molar-refractivity contribution in [3.8, 4) is 30.1 Å². The van der Waals surface area contributed by atoms with E-state index < -0.39 is 5.41 Å². The van der Waals surface area contributed by atoms with Gasteiger partial charge in [0.15, 0.2) is 11.4 Å². The van der Waals surface area contributed by atoms with Crippen LogP contribution in [0.1, 0.15) is 53.7 Å². The molecule has 2 aromatic heterocycles. The second-order valence-corrected chi connectivity index (χ2v) is 13.5. The first kappa shape index (κ1) is 26.3. The summed E-state index contributed by atoms with van der Waals surface area (Å²) in [5.74, 6) is 0.644. The van der Waals surface area contributed by atoms with E-state index in [1.165, 1.54) is 16.2 Å². The number of fused-ring (bicyclic) bond motifs is 2. The van der Waals surface area contributed by atoms with Crippen molar-refractivity contribution in [2.75, 3.05) is 69.8 Å². The molecule has 7 rings (SSSR count). The van der Waals surface area contributed by atoms with E-state index in [2.05, 4.69) is 33.0 Å². The molecule has 0 aromatic carbocycles. The molecule has 2 saturated heterocycles. The highest BCUT2D eigenvalue weighted by atomic mass is 32.1. The van der Waals surface area contributed by atoms with Gasteiger partial charge in [-0.2, -0.15) is 25.8 Å². The summed E-state index contributed by atoms with van der Waals surface area (Å²) in [6, 6.07) is 7.10. The molecular formula is C29H32N8O3S. The average Bonchev–Trinajstić information content (AvgIpc) is 3.86. The minimum absolute atomic E-state index is 0.0717. The van der Waals surface area contributed by atoms with Crippen LogP contribution in [0.25, 0.3) is 0 Å². The van der Waals surface area contributed by atoms with E-state index in [-0.39, 0.29) is 34.9 Å². The zero-order chi connectivity index (χ0) is 28.2. The Morgan fingerprint density at radius 2 is 1.71 bits per heavy atom. The Balaban J connectivity index is 1.14. The lowest BCUT2D eigenvalue weighted by molar-refractivity contribution is 0.0231. The van der Waals surface area contributed by atoms with Gasteiger partial charge in [0.1, 0.15) is 23.7 Å². The molecule has 2 saturated carbocycles. The van der Waals surface area contributed by atoms with Gasteiger partial charge in [0, 0.05) is 48.4 Å². The van der Waals surface area contributed by atoms with Crippen LogP contribution in [0.3, 0.4) is 0 Å². The Morgan fingerprint density at radius 1 is 0.951 bits per heavy atom. The number of nitrogen functional groups attached to an aromatic ring is 1. The lowest BCUT2D eigenvalue weighted by Gasteiger charge is -2.49. The molecule has 12 heteroatoms. The molecule has 0 bridgehead atoms. The number of ether oxygens (including phenoxy) is 3. The molecule has 0 amide bonds. The second kappa shape index (κ2) is 9.73. The maximum Gasteiger partial charge on any atom is 0.321 e. The standard InChI is InChI=1S/C29H32N8O3S/c30-11-19-22-21(41-23(19)33)1-2-29(22)15-37(16-29)24-20(12-31)25(39-17-27(13-32)3-4-27)35-26(34-24)40-18-28(5-6-28)14-36-7-9-38-10-8-36/h1-10,14-18,33H2. The summed E-state index contributed by atoms with van der Waals surface area (Å²) in [4.78, 5) is 15.0. The van der Waals surface area contributed by atoms with Crippen LogP contribution in [-0.2, 0) is 16.6 Å². The van der Waals surface area contributed by atoms with Crippen molar-refractivity contribution >= 4 is 22.2 Å². The first-order chi connectivity index (χ1) is 19.9. The summed E-state index contributed by atoms with van der Waals surface area (Å²) in [7, 11) is 0. The van der Waals surface area contributed by atoms with Crippen LogP contribution in [0.4, 0.5) is 10.8 Å². The van der Waals surface area contributed by atoms with Crippen molar-refractivity contribution in [2.45, 2.75) is 43.9 Å². The van der Waals surface area contributed by atoms with Gasteiger partial charge in [0.05, 0.1) is 36.9 Å².